The SMILES string of the molecule is O=C(NCC1CCN(C(=O)C2CCOC2)CC1)c1cnc2ccccn2c1=O. The van der Waals surface area contributed by atoms with Gasteiger partial charge in [0.25, 0.3) is 11.5 Å². The monoisotopic (exact) mass is 384 g/mol. The van der Waals surface area contributed by atoms with E-state index in [0.29, 0.717) is 44.4 Å². The van der Waals surface area contributed by atoms with Crippen LogP contribution < -0.4 is 10.9 Å². The zero-order valence-electron chi connectivity index (χ0n) is 15.7. The Hall–Kier alpha value is -2.74. The van der Waals surface area contributed by atoms with Gasteiger partial charge in [-0.3, -0.25) is 18.8 Å². The molecule has 2 fully saturated rings. The Labute approximate surface area is 162 Å². The normalized spacial score (nSPS) is 20.4. The van der Waals surface area contributed by atoms with E-state index in [0.717, 1.165) is 19.3 Å². The van der Waals surface area contributed by atoms with Crippen LogP contribution in [-0.2, 0) is 9.53 Å². The second kappa shape index (κ2) is 8.10. The van der Waals surface area contributed by atoms with Crippen LogP contribution in [0.4, 0.5) is 0 Å². The van der Waals surface area contributed by atoms with Gasteiger partial charge in [-0.1, -0.05) is 6.07 Å². The number of hydrogen-bond acceptors (Lipinski definition) is 5. The first kappa shape index (κ1) is 18.6. The van der Waals surface area contributed by atoms with E-state index in [4.69, 9.17) is 4.74 Å². The Morgan fingerprint density at radius 3 is 2.79 bits per heavy atom. The van der Waals surface area contributed by atoms with Crippen molar-refractivity contribution in [1.82, 2.24) is 19.6 Å². The number of aromatic nitrogens is 2. The van der Waals surface area contributed by atoms with E-state index < -0.39 is 5.91 Å². The van der Waals surface area contributed by atoms with Crippen molar-refractivity contribution in [1.29, 1.82) is 0 Å². The second-order valence-electron chi connectivity index (χ2n) is 7.45. The summed E-state index contributed by atoms with van der Waals surface area (Å²) in [6.07, 6.45) is 5.43. The van der Waals surface area contributed by atoms with Gasteiger partial charge in [0.15, 0.2) is 0 Å². The standard InChI is InChI=1S/C20H24N4O4/c25-18(16-12-21-17-3-1-2-7-24(17)20(16)27)22-11-14-4-8-23(9-5-14)19(26)15-6-10-28-13-15/h1-3,7,12,14-15H,4-6,8-11,13H2,(H,22,25). The van der Waals surface area contributed by atoms with Gasteiger partial charge in [-0.2, -0.15) is 0 Å². The first-order valence-corrected chi connectivity index (χ1v) is 9.74. The summed E-state index contributed by atoms with van der Waals surface area (Å²) in [6, 6.07) is 5.23. The molecule has 4 heterocycles. The molecule has 1 atom stereocenters. The summed E-state index contributed by atoms with van der Waals surface area (Å²) in [6.45, 7) is 3.10. The summed E-state index contributed by atoms with van der Waals surface area (Å²) in [7, 11) is 0. The van der Waals surface area contributed by atoms with Crippen LogP contribution in [-0.4, -0.2) is 58.9 Å². The number of pyridine rings is 1. The van der Waals surface area contributed by atoms with Crippen LogP contribution in [0, 0.1) is 11.8 Å². The van der Waals surface area contributed by atoms with Crippen LogP contribution in [0.25, 0.3) is 5.65 Å². The number of carbonyl (C=O) groups excluding carboxylic acids is 2. The Balaban J connectivity index is 1.31. The fourth-order valence-corrected chi connectivity index (χ4v) is 3.86. The number of nitrogens with zero attached hydrogens (tertiary/aromatic N) is 3. The predicted molar refractivity (Wildman–Crippen MR) is 102 cm³/mol. The Bertz CT molecular complexity index is 927. The molecule has 2 aromatic heterocycles. The molecule has 2 aromatic rings. The minimum atomic E-state index is -0.405. The van der Waals surface area contributed by atoms with Crippen LogP contribution in [0.1, 0.15) is 29.6 Å². The van der Waals surface area contributed by atoms with Crippen LogP contribution in [0.2, 0.25) is 0 Å². The molecule has 28 heavy (non-hydrogen) atoms. The Morgan fingerprint density at radius 2 is 2.04 bits per heavy atom. The van der Waals surface area contributed by atoms with Crippen LogP contribution >= 0.6 is 0 Å². The van der Waals surface area contributed by atoms with E-state index >= 15 is 0 Å². The van der Waals surface area contributed by atoms with E-state index in [-0.39, 0.29) is 22.9 Å². The molecule has 0 spiro atoms. The highest BCUT2D eigenvalue weighted by Gasteiger charge is 2.30. The van der Waals surface area contributed by atoms with Crippen molar-refractivity contribution in [2.24, 2.45) is 11.8 Å². The number of rotatable bonds is 4. The van der Waals surface area contributed by atoms with Crippen LogP contribution in [0.15, 0.2) is 35.4 Å². The molecule has 0 radical (unpaired) electrons. The molecule has 2 saturated heterocycles. The Morgan fingerprint density at radius 1 is 1.21 bits per heavy atom. The zero-order chi connectivity index (χ0) is 19.5. The van der Waals surface area contributed by atoms with Gasteiger partial charge in [0.1, 0.15) is 11.2 Å². The minimum absolute atomic E-state index is 0.00429. The predicted octanol–water partition coefficient (Wildman–Crippen LogP) is 0.699. The Kier molecular flexibility index (Phi) is 5.38. The molecule has 0 saturated carbocycles. The molecule has 0 aromatic carbocycles. The molecule has 8 nitrogen and oxygen atoms in total. The number of fused-ring (bicyclic) bond motifs is 1. The molecule has 0 aliphatic carbocycles. The second-order valence-corrected chi connectivity index (χ2v) is 7.45. The van der Waals surface area contributed by atoms with Crippen LogP contribution in [0.5, 0.6) is 0 Å². The molecule has 1 N–H and O–H groups in total. The van der Waals surface area contributed by atoms with Crippen molar-refractivity contribution < 1.29 is 14.3 Å². The van der Waals surface area contributed by atoms with E-state index in [1.165, 1.54) is 10.6 Å². The summed E-state index contributed by atoms with van der Waals surface area (Å²) < 4.78 is 6.67. The molecule has 2 aliphatic rings. The third kappa shape index (κ3) is 3.77. The topological polar surface area (TPSA) is 93.0 Å². The van der Waals surface area contributed by atoms with E-state index in [9.17, 15) is 14.4 Å². The van der Waals surface area contributed by atoms with Crippen molar-refractivity contribution in [3.8, 4) is 0 Å². The molecule has 0 bridgehead atoms. The van der Waals surface area contributed by atoms with Crippen LogP contribution in [0.3, 0.4) is 0 Å². The lowest BCUT2D eigenvalue weighted by molar-refractivity contribution is -0.136. The van der Waals surface area contributed by atoms with Gasteiger partial charge in [-0.25, -0.2) is 4.98 Å². The number of piperidine rings is 1. The van der Waals surface area contributed by atoms with Gasteiger partial charge in [-0.15, -0.1) is 0 Å². The van der Waals surface area contributed by atoms with Gasteiger partial charge in [0.2, 0.25) is 5.91 Å². The minimum Gasteiger partial charge on any atom is -0.381 e. The fraction of sp³-hybridized carbons (Fsp3) is 0.500. The lowest BCUT2D eigenvalue weighted by Crippen LogP contribution is -2.44. The third-order valence-electron chi connectivity index (χ3n) is 5.61. The maximum atomic E-state index is 12.5. The quantitative estimate of drug-likeness (QED) is 0.838. The lowest BCUT2D eigenvalue weighted by atomic mass is 9.95. The molecule has 148 valence electrons. The van der Waals surface area contributed by atoms with E-state index in [1.807, 2.05) is 4.90 Å². The highest BCUT2D eigenvalue weighted by atomic mass is 16.5. The van der Waals surface area contributed by atoms with Gasteiger partial charge in [0, 0.05) is 38.6 Å². The van der Waals surface area contributed by atoms with Crippen molar-refractivity contribution >= 4 is 17.5 Å². The van der Waals surface area contributed by atoms with Gasteiger partial charge >= 0.3 is 0 Å². The number of amides is 2. The van der Waals surface area contributed by atoms with Crippen molar-refractivity contribution in [3.05, 3.63) is 46.5 Å². The number of likely N-dealkylation sites (tertiary alicyclic amines) is 1. The summed E-state index contributed by atoms with van der Waals surface area (Å²) in [5.74, 6) is 0.0845. The molecular formula is C20H24N4O4. The average Bonchev–Trinajstić information content (AvgIpc) is 3.27. The third-order valence-corrected chi connectivity index (χ3v) is 5.61. The van der Waals surface area contributed by atoms with Crippen molar-refractivity contribution in [3.63, 3.8) is 0 Å². The van der Waals surface area contributed by atoms with E-state index in [2.05, 4.69) is 10.3 Å². The molecule has 2 aliphatic heterocycles. The first-order chi connectivity index (χ1) is 13.6. The maximum Gasteiger partial charge on any atom is 0.270 e. The largest absolute Gasteiger partial charge is 0.381 e. The summed E-state index contributed by atoms with van der Waals surface area (Å²) >= 11 is 0. The highest BCUT2D eigenvalue weighted by Crippen LogP contribution is 2.21. The van der Waals surface area contributed by atoms with Gasteiger partial charge < -0.3 is 15.0 Å². The number of nitrogens with one attached hydrogen (secondary N) is 1. The van der Waals surface area contributed by atoms with Gasteiger partial charge in [-0.05, 0) is 37.3 Å². The summed E-state index contributed by atoms with van der Waals surface area (Å²) in [4.78, 5) is 43.4. The lowest BCUT2D eigenvalue weighted by Gasteiger charge is -2.33. The average molecular weight is 384 g/mol. The molecule has 1 unspecified atom stereocenters. The molecule has 2 amide bonds. The molecular weight excluding hydrogens is 360 g/mol. The summed E-state index contributed by atoms with van der Waals surface area (Å²) in [5, 5.41) is 2.86. The highest BCUT2D eigenvalue weighted by molar-refractivity contribution is 5.93. The smallest absolute Gasteiger partial charge is 0.270 e. The zero-order valence-corrected chi connectivity index (χ0v) is 15.7. The number of carbonyl (C=O) groups is 2. The first-order valence-electron chi connectivity index (χ1n) is 9.74. The van der Waals surface area contributed by atoms with Crippen molar-refractivity contribution in [2.45, 2.75) is 19.3 Å². The number of hydrogen-bond donors (Lipinski definition) is 1. The fourth-order valence-electron chi connectivity index (χ4n) is 3.86. The van der Waals surface area contributed by atoms with Crippen molar-refractivity contribution in [2.75, 3.05) is 32.8 Å². The van der Waals surface area contributed by atoms with Gasteiger partial charge in [0.05, 0.1) is 12.5 Å². The molecule has 4 rings (SSSR count). The number of ether oxygens (including phenoxy) is 1. The summed E-state index contributed by atoms with van der Waals surface area (Å²) in [5.41, 5.74) is 0.175. The maximum absolute atomic E-state index is 12.5. The molecule has 8 heteroatoms. The van der Waals surface area contributed by atoms with E-state index in [1.54, 1.807) is 24.4 Å².